The number of nitrogens with zero attached hydrogens (tertiary/aromatic N) is 2. The van der Waals surface area contributed by atoms with Crippen LogP contribution in [0.1, 0.15) is 35.2 Å². The summed E-state index contributed by atoms with van der Waals surface area (Å²) < 4.78 is 1.76. The molecule has 1 unspecified atom stereocenters. The van der Waals surface area contributed by atoms with Crippen molar-refractivity contribution < 1.29 is 5.11 Å². The molecule has 108 valence electrons. The molecule has 1 atom stereocenters. The molecule has 0 aliphatic heterocycles. The Morgan fingerprint density at radius 1 is 1.35 bits per heavy atom. The van der Waals surface area contributed by atoms with E-state index in [1.807, 2.05) is 12.4 Å². The van der Waals surface area contributed by atoms with E-state index in [4.69, 9.17) is 5.11 Å². The Hall–Kier alpha value is -1.65. The number of hydrogen-bond donors (Lipinski definition) is 2. The van der Waals surface area contributed by atoms with Crippen LogP contribution in [-0.2, 0) is 13.1 Å². The zero-order valence-corrected chi connectivity index (χ0v) is 12.4. The fourth-order valence-corrected chi connectivity index (χ4v) is 2.41. The van der Waals surface area contributed by atoms with Crippen LogP contribution in [0, 0.1) is 13.8 Å². The molecule has 0 fully saturated rings. The maximum atomic E-state index is 8.87. The summed E-state index contributed by atoms with van der Waals surface area (Å²) in [5, 5.41) is 16.6. The molecule has 0 spiro atoms. The van der Waals surface area contributed by atoms with Crippen LogP contribution in [0.5, 0.6) is 0 Å². The van der Waals surface area contributed by atoms with Crippen LogP contribution in [-0.4, -0.2) is 21.5 Å². The minimum absolute atomic E-state index is 0.119. The number of aliphatic hydroxyl groups excluding tert-OH is 1. The lowest BCUT2D eigenvalue weighted by Crippen LogP contribution is -2.18. The highest BCUT2D eigenvalue weighted by Gasteiger charge is 2.08. The van der Waals surface area contributed by atoms with Crippen molar-refractivity contribution in [2.24, 2.45) is 0 Å². The summed E-state index contributed by atoms with van der Waals surface area (Å²) in [5.74, 6) is 0. The van der Waals surface area contributed by atoms with Crippen molar-refractivity contribution in [3.8, 4) is 0 Å². The van der Waals surface area contributed by atoms with Crippen LogP contribution >= 0.6 is 0 Å². The molecule has 1 aromatic heterocycles. The Labute approximate surface area is 120 Å². The van der Waals surface area contributed by atoms with Gasteiger partial charge in [0.05, 0.1) is 19.3 Å². The zero-order valence-electron chi connectivity index (χ0n) is 12.4. The van der Waals surface area contributed by atoms with E-state index in [0.717, 1.165) is 12.1 Å². The maximum Gasteiger partial charge on any atom is 0.0640 e. The highest BCUT2D eigenvalue weighted by molar-refractivity contribution is 5.32. The lowest BCUT2D eigenvalue weighted by atomic mass is 10.0. The highest BCUT2D eigenvalue weighted by Crippen LogP contribution is 2.18. The van der Waals surface area contributed by atoms with Gasteiger partial charge in [-0.25, -0.2) is 0 Å². The molecule has 0 saturated carbocycles. The fourth-order valence-electron chi connectivity index (χ4n) is 2.41. The van der Waals surface area contributed by atoms with Gasteiger partial charge >= 0.3 is 0 Å². The molecule has 2 aromatic rings. The average molecular weight is 273 g/mol. The molecule has 0 aliphatic rings. The van der Waals surface area contributed by atoms with E-state index in [9.17, 15) is 0 Å². The molecule has 20 heavy (non-hydrogen) atoms. The summed E-state index contributed by atoms with van der Waals surface area (Å²) in [4.78, 5) is 0. The van der Waals surface area contributed by atoms with Crippen LogP contribution in [0.15, 0.2) is 30.6 Å². The molecular formula is C16H23N3O. The van der Waals surface area contributed by atoms with Crippen LogP contribution < -0.4 is 5.32 Å². The van der Waals surface area contributed by atoms with Gasteiger partial charge in [-0.15, -0.1) is 0 Å². The Morgan fingerprint density at radius 3 is 2.85 bits per heavy atom. The standard InChI is InChI=1S/C16H23N3O/c1-12-4-5-16(13(2)8-12)14(3)17-9-15-10-18-19(11-15)6-7-20/h4-5,8,10-11,14,17,20H,6-7,9H2,1-3H3. The number of aliphatic hydroxyl groups is 1. The molecule has 4 nitrogen and oxygen atoms in total. The SMILES string of the molecule is Cc1ccc(C(C)NCc2cnn(CCO)c2)c(C)c1. The van der Waals surface area contributed by atoms with Crippen molar-refractivity contribution in [2.45, 2.75) is 39.9 Å². The smallest absolute Gasteiger partial charge is 0.0640 e. The van der Waals surface area contributed by atoms with Gasteiger partial charge in [0, 0.05) is 24.3 Å². The third kappa shape index (κ3) is 3.68. The normalized spacial score (nSPS) is 12.6. The number of nitrogens with one attached hydrogen (secondary N) is 1. The summed E-state index contributed by atoms with van der Waals surface area (Å²) >= 11 is 0. The molecular weight excluding hydrogens is 250 g/mol. The summed E-state index contributed by atoms with van der Waals surface area (Å²) in [6.45, 7) is 7.89. The number of aryl methyl sites for hydroxylation is 2. The predicted molar refractivity (Wildman–Crippen MR) is 80.5 cm³/mol. The van der Waals surface area contributed by atoms with Gasteiger partial charge in [-0.05, 0) is 31.9 Å². The van der Waals surface area contributed by atoms with Crippen LogP contribution in [0.4, 0.5) is 0 Å². The van der Waals surface area contributed by atoms with E-state index < -0.39 is 0 Å². The Bertz CT molecular complexity index is 563. The van der Waals surface area contributed by atoms with Crippen LogP contribution in [0.3, 0.4) is 0 Å². The lowest BCUT2D eigenvalue weighted by molar-refractivity contribution is 0.269. The number of aromatic nitrogens is 2. The quantitative estimate of drug-likeness (QED) is 0.849. The van der Waals surface area contributed by atoms with Gasteiger partial charge < -0.3 is 10.4 Å². The van der Waals surface area contributed by atoms with E-state index in [0.29, 0.717) is 12.6 Å². The van der Waals surface area contributed by atoms with E-state index >= 15 is 0 Å². The molecule has 0 amide bonds. The third-order valence-corrected chi connectivity index (χ3v) is 3.52. The second-order valence-electron chi connectivity index (χ2n) is 5.30. The van der Waals surface area contributed by atoms with E-state index in [1.54, 1.807) is 4.68 Å². The summed E-state index contributed by atoms with van der Waals surface area (Å²) in [7, 11) is 0. The van der Waals surface area contributed by atoms with Gasteiger partial charge in [0.25, 0.3) is 0 Å². The second-order valence-corrected chi connectivity index (χ2v) is 5.30. The fraction of sp³-hybridized carbons (Fsp3) is 0.438. The molecule has 0 saturated heterocycles. The van der Waals surface area contributed by atoms with Gasteiger partial charge in [0.2, 0.25) is 0 Å². The minimum Gasteiger partial charge on any atom is -0.394 e. The predicted octanol–water partition coefficient (Wildman–Crippen LogP) is 2.34. The Kier molecular flexibility index (Phi) is 4.93. The zero-order chi connectivity index (χ0) is 14.5. The first-order valence-electron chi connectivity index (χ1n) is 7.03. The molecule has 2 N–H and O–H groups in total. The van der Waals surface area contributed by atoms with Gasteiger partial charge in [0.1, 0.15) is 0 Å². The first kappa shape index (κ1) is 14.8. The minimum atomic E-state index is 0.119. The van der Waals surface area contributed by atoms with E-state index in [2.05, 4.69) is 49.4 Å². The highest BCUT2D eigenvalue weighted by atomic mass is 16.3. The number of hydrogen-bond acceptors (Lipinski definition) is 3. The molecule has 4 heteroatoms. The maximum absolute atomic E-state index is 8.87. The van der Waals surface area contributed by atoms with Crippen molar-refractivity contribution in [2.75, 3.05) is 6.61 Å². The van der Waals surface area contributed by atoms with Crippen molar-refractivity contribution in [3.05, 3.63) is 52.8 Å². The molecule has 0 radical (unpaired) electrons. The second kappa shape index (κ2) is 6.68. The molecule has 2 rings (SSSR count). The number of benzene rings is 1. The number of rotatable bonds is 6. The Morgan fingerprint density at radius 2 is 2.15 bits per heavy atom. The van der Waals surface area contributed by atoms with Gasteiger partial charge in [0.15, 0.2) is 0 Å². The van der Waals surface area contributed by atoms with Crippen LogP contribution in [0.2, 0.25) is 0 Å². The van der Waals surface area contributed by atoms with Gasteiger partial charge in [-0.3, -0.25) is 4.68 Å². The summed E-state index contributed by atoms with van der Waals surface area (Å²) in [6.07, 6.45) is 3.81. The monoisotopic (exact) mass is 273 g/mol. The first-order chi connectivity index (χ1) is 9.60. The average Bonchev–Trinajstić information content (AvgIpc) is 2.84. The van der Waals surface area contributed by atoms with Gasteiger partial charge in [-0.1, -0.05) is 23.8 Å². The molecule has 0 bridgehead atoms. The molecule has 1 aromatic carbocycles. The summed E-state index contributed by atoms with van der Waals surface area (Å²) in [6, 6.07) is 6.86. The van der Waals surface area contributed by atoms with Crippen molar-refractivity contribution in [3.63, 3.8) is 0 Å². The lowest BCUT2D eigenvalue weighted by Gasteiger charge is -2.16. The van der Waals surface area contributed by atoms with Crippen LogP contribution in [0.25, 0.3) is 0 Å². The Balaban J connectivity index is 1.95. The third-order valence-electron chi connectivity index (χ3n) is 3.52. The van der Waals surface area contributed by atoms with Crippen molar-refractivity contribution >= 4 is 0 Å². The first-order valence-corrected chi connectivity index (χ1v) is 7.03. The van der Waals surface area contributed by atoms with Crippen molar-refractivity contribution in [1.82, 2.24) is 15.1 Å². The van der Waals surface area contributed by atoms with E-state index in [-0.39, 0.29) is 6.61 Å². The largest absolute Gasteiger partial charge is 0.394 e. The molecule has 1 heterocycles. The van der Waals surface area contributed by atoms with Gasteiger partial charge in [-0.2, -0.15) is 5.10 Å². The summed E-state index contributed by atoms with van der Waals surface area (Å²) in [5.41, 5.74) is 5.08. The van der Waals surface area contributed by atoms with Crippen molar-refractivity contribution in [1.29, 1.82) is 0 Å². The van der Waals surface area contributed by atoms with E-state index in [1.165, 1.54) is 16.7 Å². The molecule has 0 aliphatic carbocycles. The topological polar surface area (TPSA) is 50.1 Å².